The summed E-state index contributed by atoms with van der Waals surface area (Å²) < 4.78 is 7.47. The number of fused-ring (bicyclic) bond motifs is 1. The van der Waals surface area contributed by atoms with Crippen LogP contribution in [0.1, 0.15) is 42.4 Å². The van der Waals surface area contributed by atoms with Crippen LogP contribution >= 0.6 is 11.8 Å². The highest BCUT2D eigenvalue weighted by Crippen LogP contribution is 2.38. The fourth-order valence-electron chi connectivity index (χ4n) is 3.78. The zero-order chi connectivity index (χ0) is 22.0. The van der Waals surface area contributed by atoms with Gasteiger partial charge < -0.3 is 15.5 Å². The Morgan fingerprint density at radius 3 is 2.48 bits per heavy atom. The monoisotopic (exact) mass is 437 g/mol. The lowest BCUT2D eigenvalue weighted by Gasteiger charge is -2.33. The fraction of sp³-hybridized carbons (Fsp3) is 0.348. The fourth-order valence-corrected chi connectivity index (χ4v) is 4.87. The van der Waals surface area contributed by atoms with Gasteiger partial charge in [0.05, 0.1) is 12.6 Å². The van der Waals surface area contributed by atoms with E-state index in [0.29, 0.717) is 11.8 Å². The highest BCUT2D eigenvalue weighted by atomic mass is 32.2. The third kappa shape index (κ3) is 4.54. The minimum Gasteiger partial charge on any atom is -0.494 e. The van der Waals surface area contributed by atoms with Crippen molar-refractivity contribution in [3.8, 4) is 5.75 Å². The number of amides is 1. The van der Waals surface area contributed by atoms with E-state index in [4.69, 9.17) is 4.74 Å². The van der Waals surface area contributed by atoms with Crippen LogP contribution in [0.3, 0.4) is 0 Å². The van der Waals surface area contributed by atoms with Gasteiger partial charge in [0.25, 0.3) is 0 Å². The summed E-state index contributed by atoms with van der Waals surface area (Å²) in [6.07, 6.45) is 0.746. The molecule has 0 fully saturated rings. The molecule has 2 heterocycles. The predicted octanol–water partition coefficient (Wildman–Crippen LogP) is 4.25. The number of hydrogen-bond donors (Lipinski definition) is 2. The van der Waals surface area contributed by atoms with Crippen molar-refractivity contribution in [1.29, 1.82) is 0 Å². The largest absolute Gasteiger partial charge is 0.494 e. The maximum Gasteiger partial charge on any atom is 0.240 e. The van der Waals surface area contributed by atoms with Crippen molar-refractivity contribution in [2.24, 2.45) is 0 Å². The molecule has 1 aliphatic heterocycles. The molecule has 2 unspecified atom stereocenters. The summed E-state index contributed by atoms with van der Waals surface area (Å²) >= 11 is 1.43. The summed E-state index contributed by atoms with van der Waals surface area (Å²) in [6, 6.07) is 13.7. The van der Waals surface area contributed by atoms with Gasteiger partial charge in [-0.05, 0) is 61.7 Å². The van der Waals surface area contributed by atoms with Crippen molar-refractivity contribution < 1.29 is 9.53 Å². The number of hydrogen-bond acceptors (Lipinski definition) is 6. The molecule has 0 saturated carbocycles. The lowest BCUT2D eigenvalue weighted by molar-refractivity contribution is -0.116. The van der Waals surface area contributed by atoms with Crippen molar-refractivity contribution in [1.82, 2.24) is 14.9 Å². The quantitative estimate of drug-likeness (QED) is 0.600. The summed E-state index contributed by atoms with van der Waals surface area (Å²) in [6.45, 7) is 8.66. The first-order chi connectivity index (χ1) is 15.0. The number of benzene rings is 2. The number of thioether (sulfide) groups is 1. The molecule has 0 saturated heterocycles. The number of anilines is 1. The van der Waals surface area contributed by atoms with E-state index in [1.165, 1.54) is 11.8 Å². The molecule has 2 aromatic carbocycles. The van der Waals surface area contributed by atoms with Gasteiger partial charge in [-0.1, -0.05) is 36.9 Å². The minimum absolute atomic E-state index is 0.0753. The van der Waals surface area contributed by atoms with Crippen LogP contribution < -0.4 is 15.5 Å². The molecule has 1 aliphatic rings. The molecule has 1 aromatic heterocycles. The lowest BCUT2D eigenvalue weighted by atomic mass is 10.0. The standard InChI is InChI=1S/C23H27N5O2S/c1-5-19-25-26-23-28(19)27-20(16-7-9-18(10-8-16)30-6-2)21(31-23)22(29)24-17-12-14(3)11-15(4)13-17/h7-13,20-21,27H,5-6H2,1-4H3,(H,24,29). The van der Waals surface area contributed by atoms with E-state index < -0.39 is 5.25 Å². The molecular formula is C23H27N5O2S. The number of ether oxygens (including phenoxy) is 1. The van der Waals surface area contributed by atoms with Gasteiger partial charge in [0.1, 0.15) is 11.0 Å². The summed E-state index contributed by atoms with van der Waals surface area (Å²) in [5, 5.41) is 11.9. The van der Waals surface area contributed by atoms with Crippen LogP contribution in [0.15, 0.2) is 47.6 Å². The van der Waals surface area contributed by atoms with Gasteiger partial charge in [-0.25, -0.2) is 4.68 Å². The van der Waals surface area contributed by atoms with Gasteiger partial charge in [-0.2, -0.15) is 0 Å². The van der Waals surface area contributed by atoms with Gasteiger partial charge in [0.15, 0.2) is 5.82 Å². The van der Waals surface area contributed by atoms with E-state index in [1.54, 1.807) is 0 Å². The third-order valence-electron chi connectivity index (χ3n) is 5.12. The zero-order valence-electron chi connectivity index (χ0n) is 18.2. The van der Waals surface area contributed by atoms with Crippen LogP contribution in [-0.4, -0.2) is 32.6 Å². The second-order valence-corrected chi connectivity index (χ2v) is 8.71. The highest BCUT2D eigenvalue weighted by molar-refractivity contribution is 8.00. The summed E-state index contributed by atoms with van der Waals surface area (Å²) in [7, 11) is 0. The molecule has 2 N–H and O–H groups in total. The number of carbonyl (C=O) groups excluding carboxylic acids is 1. The second kappa shape index (κ2) is 9.01. The number of carbonyl (C=O) groups is 1. The van der Waals surface area contributed by atoms with Crippen LogP contribution in [0.5, 0.6) is 5.75 Å². The Balaban J connectivity index is 1.65. The Morgan fingerprint density at radius 1 is 1.13 bits per heavy atom. The Hall–Kier alpha value is -3.00. The van der Waals surface area contributed by atoms with Gasteiger partial charge in [-0.3, -0.25) is 4.79 Å². The van der Waals surface area contributed by atoms with Gasteiger partial charge in [-0.15, -0.1) is 10.2 Å². The molecule has 0 radical (unpaired) electrons. The predicted molar refractivity (Wildman–Crippen MR) is 123 cm³/mol. The first-order valence-electron chi connectivity index (χ1n) is 10.5. The summed E-state index contributed by atoms with van der Waals surface area (Å²) in [5.74, 6) is 1.57. The Morgan fingerprint density at radius 2 is 1.84 bits per heavy atom. The summed E-state index contributed by atoms with van der Waals surface area (Å²) in [4.78, 5) is 13.4. The number of aryl methyl sites for hydroxylation is 3. The van der Waals surface area contributed by atoms with Gasteiger partial charge in [0.2, 0.25) is 11.1 Å². The Bertz CT molecular complexity index is 1060. The van der Waals surface area contributed by atoms with Crippen molar-refractivity contribution in [3.63, 3.8) is 0 Å². The molecule has 0 aliphatic carbocycles. The van der Waals surface area contributed by atoms with E-state index in [0.717, 1.165) is 40.4 Å². The normalized spacial score (nSPS) is 17.5. The van der Waals surface area contributed by atoms with E-state index in [2.05, 4.69) is 27.0 Å². The SMILES string of the molecule is CCOc1ccc(C2Nn3c(CC)nnc3SC2C(=O)Nc2cc(C)cc(C)c2)cc1. The van der Waals surface area contributed by atoms with E-state index >= 15 is 0 Å². The second-order valence-electron chi connectivity index (χ2n) is 7.60. The number of aromatic nitrogens is 3. The molecule has 4 rings (SSSR count). The van der Waals surface area contributed by atoms with E-state index in [-0.39, 0.29) is 11.9 Å². The lowest BCUT2D eigenvalue weighted by Crippen LogP contribution is -2.41. The van der Waals surface area contributed by atoms with Crippen molar-refractivity contribution >= 4 is 23.4 Å². The first-order valence-corrected chi connectivity index (χ1v) is 11.4. The Kier molecular flexibility index (Phi) is 6.18. The molecule has 0 bridgehead atoms. The smallest absolute Gasteiger partial charge is 0.240 e. The van der Waals surface area contributed by atoms with Crippen LogP contribution in [0.2, 0.25) is 0 Å². The van der Waals surface area contributed by atoms with Crippen molar-refractivity contribution in [2.45, 2.75) is 50.6 Å². The van der Waals surface area contributed by atoms with Crippen LogP contribution in [-0.2, 0) is 11.2 Å². The van der Waals surface area contributed by atoms with E-state index in [1.807, 2.05) is 68.8 Å². The molecular weight excluding hydrogens is 410 g/mol. The number of nitrogens with one attached hydrogen (secondary N) is 2. The molecule has 31 heavy (non-hydrogen) atoms. The van der Waals surface area contributed by atoms with Crippen LogP contribution in [0.4, 0.5) is 5.69 Å². The maximum absolute atomic E-state index is 13.4. The third-order valence-corrected chi connectivity index (χ3v) is 6.33. The molecule has 7 nitrogen and oxygen atoms in total. The average molecular weight is 438 g/mol. The highest BCUT2D eigenvalue weighted by Gasteiger charge is 2.37. The van der Waals surface area contributed by atoms with Crippen molar-refractivity contribution in [2.75, 3.05) is 17.3 Å². The number of rotatable bonds is 6. The molecule has 0 spiro atoms. The van der Waals surface area contributed by atoms with Crippen LogP contribution in [0.25, 0.3) is 0 Å². The molecule has 3 aromatic rings. The zero-order valence-corrected chi connectivity index (χ0v) is 19.0. The number of nitrogens with zero attached hydrogens (tertiary/aromatic N) is 3. The maximum atomic E-state index is 13.4. The topological polar surface area (TPSA) is 81.1 Å². The molecule has 1 amide bonds. The minimum atomic E-state index is -0.417. The van der Waals surface area contributed by atoms with E-state index in [9.17, 15) is 4.79 Å². The summed E-state index contributed by atoms with van der Waals surface area (Å²) in [5.41, 5.74) is 7.49. The molecule has 162 valence electrons. The Labute approximate surface area is 186 Å². The average Bonchev–Trinajstić information content (AvgIpc) is 3.15. The van der Waals surface area contributed by atoms with Gasteiger partial charge in [0, 0.05) is 12.1 Å². The molecule has 2 atom stereocenters. The van der Waals surface area contributed by atoms with Crippen LogP contribution in [0, 0.1) is 13.8 Å². The molecule has 8 heteroatoms. The van der Waals surface area contributed by atoms with Gasteiger partial charge >= 0.3 is 0 Å². The van der Waals surface area contributed by atoms with Crippen molar-refractivity contribution in [3.05, 3.63) is 65.0 Å². The first kappa shape index (κ1) is 21.2.